The molecule has 0 amide bonds. The molecule has 0 spiro atoms. The molecule has 0 unspecified atom stereocenters. The number of hydrogen-bond donors (Lipinski definition) is 1. The summed E-state index contributed by atoms with van der Waals surface area (Å²) in [4.78, 5) is 19.9. The zero-order valence-electron chi connectivity index (χ0n) is 16.3. The second-order valence-electron chi connectivity index (χ2n) is 7.48. The van der Waals surface area contributed by atoms with Crippen LogP contribution in [0.5, 0.6) is 6.01 Å². The second-order valence-corrected chi connectivity index (χ2v) is 7.48. The molecule has 2 aliphatic rings. The molecule has 1 aliphatic heterocycles. The molecule has 1 N–H and O–H groups in total. The molecule has 1 saturated carbocycles. The Kier molecular flexibility index (Phi) is 5.12. The summed E-state index contributed by atoms with van der Waals surface area (Å²) in [5.74, 6) is 1.73. The Hall–Kier alpha value is -2.94. The molecule has 0 bridgehead atoms. The van der Waals surface area contributed by atoms with E-state index in [-0.39, 0.29) is 6.10 Å². The Balaban J connectivity index is 1.26. The number of rotatable bonds is 5. The van der Waals surface area contributed by atoms with Gasteiger partial charge in [-0.15, -0.1) is 0 Å². The maximum Gasteiger partial charge on any atom is 0.304 e. The number of nitrogens with zero attached hydrogens (tertiary/aromatic N) is 6. The summed E-state index contributed by atoms with van der Waals surface area (Å²) in [6, 6.07) is 3.03. The summed E-state index contributed by atoms with van der Waals surface area (Å²) in [6.45, 7) is 3.12. The Morgan fingerprint density at radius 3 is 2.69 bits per heavy atom. The van der Waals surface area contributed by atoms with Crippen LogP contribution in [0.4, 0.5) is 11.6 Å². The first-order valence-corrected chi connectivity index (χ1v) is 10.2. The average Bonchev–Trinajstić information content (AvgIpc) is 3.26. The lowest BCUT2D eigenvalue weighted by Gasteiger charge is -2.30. The first-order valence-electron chi connectivity index (χ1n) is 10.2. The predicted octanol–water partition coefficient (Wildman–Crippen LogP) is 2.16. The van der Waals surface area contributed by atoms with Crippen LogP contribution < -0.4 is 15.0 Å². The van der Waals surface area contributed by atoms with E-state index < -0.39 is 0 Å². The van der Waals surface area contributed by atoms with Crippen molar-refractivity contribution in [2.75, 3.05) is 36.5 Å². The monoisotopic (exact) mass is 395 g/mol. The number of nitrogens with one attached hydrogen (secondary N) is 1. The number of anilines is 2. The van der Waals surface area contributed by atoms with Gasteiger partial charge < -0.3 is 19.7 Å². The average molecular weight is 395 g/mol. The number of ether oxygens (including phenoxy) is 2. The molecule has 0 aromatic carbocycles. The molecular formula is C20H25N7O2. The van der Waals surface area contributed by atoms with Crippen LogP contribution in [0.25, 0.3) is 5.65 Å². The van der Waals surface area contributed by atoms with Gasteiger partial charge in [0.05, 0.1) is 19.4 Å². The third-order valence-corrected chi connectivity index (χ3v) is 5.54. The van der Waals surface area contributed by atoms with Crippen LogP contribution in [0.3, 0.4) is 0 Å². The molecule has 2 fully saturated rings. The van der Waals surface area contributed by atoms with Crippen molar-refractivity contribution < 1.29 is 9.47 Å². The summed E-state index contributed by atoms with van der Waals surface area (Å²) in [5.41, 5.74) is 0.856. The normalized spacial score (nSPS) is 22.6. The van der Waals surface area contributed by atoms with Crippen molar-refractivity contribution in [2.45, 2.75) is 37.8 Å². The lowest BCUT2D eigenvalue weighted by Crippen LogP contribution is -2.37. The van der Waals surface area contributed by atoms with E-state index in [2.05, 4.69) is 25.2 Å². The van der Waals surface area contributed by atoms with Gasteiger partial charge in [0.15, 0.2) is 0 Å². The summed E-state index contributed by atoms with van der Waals surface area (Å²) in [7, 11) is 0. The molecule has 9 nitrogen and oxygen atoms in total. The van der Waals surface area contributed by atoms with Gasteiger partial charge in [-0.3, -0.25) is 9.38 Å². The number of aromatic nitrogens is 5. The van der Waals surface area contributed by atoms with E-state index in [1.54, 1.807) is 24.8 Å². The molecule has 0 atom stereocenters. The Morgan fingerprint density at radius 2 is 1.90 bits per heavy atom. The van der Waals surface area contributed by atoms with Crippen LogP contribution in [-0.4, -0.2) is 62.8 Å². The summed E-state index contributed by atoms with van der Waals surface area (Å²) in [5, 5.41) is 3.46. The van der Waals surface area contributed by atoms with Gasteiger partial charge in [0.25, 0.3) is 0 Å². The smallest absolute Gasteiger partial charge is 0.304 e. The molecule has 1 saturated heterocycles. The van der Waals surface area contributed by atoms with E-state index in [0.29, 0.717) is 12.1 Å². The molecule has 3 aromatic heterocycles. The van der Waals surface area contributed by atoms with E-state index in [0.717, 1.165) is 69.3 Å². The molecule has 29 heavy (non-hydrogen) atoms. The van der Waals surface area contributed by atoms with E-state index >= 15 is 0 Å². The van der Waals surface area contributed by atoms with Crippen LogP contribution in [-0.2, 0) is 4.74 Å². The van der Waals surface area contributed by atoms with Crippen LogP contribution in [0.2, 0.25) is 0 Å². The molecule has 3 aromatic rings. The first kappa shape index (κ1) is 18.1. The van der Waals surface area contributed by atoms with Crippen LogP contribution >= 0.6 is 0 Å². The van der Waals surface area contributed by atoms with E-state index in [1.807, 2.05) is 16.7 Å². The highest BCUT2D eigenvalue weighted by Crippen LogP contribution is 2.27. The molecule has 9 heteroatoms. The van der Waals surface area contributed by atoms with Gasteiger partial charge in [-0.25, -0.2) is 9.97 Å². The van der Waals surface area contributed by atoms with Gasteiger partial charge in [0.1, 0.15) is 23.4 Å². The van der Waals surface area contributed by atoms with Crippen LogP contribution in [0, 0.1) is 0 Å². The van der Waals surface area contributed by atoms with Crippen LogP contribution in [0.1, 0.15) is 25.7 Å². The Bertz CT molecular complexity index is 934. The zero-order chi connectivity index (χ0) is 19.5. The van der Waals surface area contributed by atoms with Crippen molar-refractivity contribution in [3.63, 3.8) is 0 Å². The summed E-state index contributed by atoms with van der Waals surface area (Å²) >= 11 is 0. The van der Waals surface area contributed by atoms with Gasteiger partial charge >= 0.3 is 6.01 Å². The highest BCUT2D eigenvalue weighted by molar-refractivity contribution is 5.53. The Labute approximate surface area is 169 Å². The Morgan fingerprint density at radius 1 is 1.03 bits per heavy atom. The maximum absolute atomic E-state index is 6.36. The highest BCUT2D eigenvalue weighted by Gasteiger charge is 2.24. The molecule has 152 valence electrons. The standard InChI is InChI=1S/C20H25N7O2/c1-3-16(4-2-15(1)24-17-14-21-5-6-22-17)29-20-25-19(26-9-11-28-12-10-26)13-18-23-7-8-27(18)20/h5-8,13-16H,1-4,9-12H2,(H,22,24). The van der Waals surface area contributed by atoms with E-state index in [9.17, 15) is 0 Å². The van der Waals surface area contributed by atoms with E-state index in [1.165, 1.54) is 0 Å². The first-order chi connectivity index (χ1) is 14.3. The largest absolute Gasteiger partial charge is 0.461 e. The minimum atomic E-state index is 0.146. The van der Waals surface area contributed by atoms with Crippen molar-refractivity contribution >= 4 is 17.3 Å². The molecule has 0 radical (unpaired) electrons. The van der Waals surface area contributed by atoms with Crippen molar-refractivity contribution in [3.05, 3.63) is 37.1 Å². The van der Waals surface area contributed by atoms with Crippen molar-refractivity contribution in [3.8, 4) is 6.01 Å². The number of imidazole rings is 1. The SMILES string of the molecule is c1cnc(NC2CCC(Oc3nc(N4CCOCC4)cc4nccn34)CC2)cn1. The van der Waals surface area contributed by atoms with Crippen molar-refractivity contribution in [2.24, 2.45) is 0 Å². The second kappa shape index (κ2) is 8.20. The quantitative estimate of drug-likeness (QED) is 0.703. The number of fused-ring (bicyclic) bond motifs is 1. The van der Waals surface area contributed by atoms with Crippen molar-refractivity contribution in [1.29, 1.82) is 0 Å². The highest BCUT2D eigenvalue weighted by atomic mass is 16.5. The van der Waals surface area contributed by atoms with Crippen LogP contribution in [0.15, 0.2) is 37.1 Å². The third kappa shape index (κ3) is 4.09. The number of hydrogen-bond acceptors (Lipinski definition) is 8. The molecule has 1 aliphatic carbocycles. The fraction of sp³-hybridized carbons (Fsp3) is 0.500. The zero-order valence-corrected chi connectivity index (χ0v) is 16.3. The fourth-order valence-electron chi connectivity index (χ4n) is 3.98. The number of morpholine rings is 1. The third-order valence-electron chi connectivity index (χ3n) is 5.54. The molecular weight excluding hydrogens is 370 g/mol. The molecule has 5 rings (SSSR count). The lowest BCUT2D eigenvalue weighted by molar-refractivity contribution is 0.121. The van der Waals surface area contributed by atoms with Gasteiger partial charge in [0, 0.05) is 50.0 Å². The van der Waals surface area contributed by atoms with Gasteiger partial charge in [-0.05, 0) is 25.7 Å². The predicted molar refractivity (Wildman–Crippen MR) is 108 cm³/mol. The lowest BCUT2D eigenvalue weighted by atomic mass is 9.93. The van der Waals surface area contributed by atoms with Gasteiger partial charge in [-0.2, -0.15) is 4.98 Å². The van der Waals surface area contributed by atoms with Crippen molar-refractivity contribution in [1.82, 2.24) is 24.3 Å². The fourth-order valence-corrected chi connectivity index (χ4v) is 3.98. The minimum Gasteiger partial charge on any atom is -0.461 e. The molecule has 4 heterocycles. The minimum absolute atomic E-state index is 0.146. The summed E-state index contributed by atoms with van der Waals surface area (Å²) in [6.07, 6.45) is 13.0. The van der Waals surface area contributed by atoms with Gasteiger partial charge in [0.2, 0.25) is 0 Å². The summed E-state index contributed by atoms with van der Waals surface area (Å²) < 4.78 is 13.7. The van der Waals surface area contributed by atoms with Gasteiger partial charge in [-0.1, -0.05) is 0 Å². The maximum atomic E-state index is 6.36. The topological polar surface area (TPSA) is 89.7 Å². The van der Waals surface area contributed by atoms with E-state index in [4.69, 9.17) is 14.5 Å².